The monoisotopic (exact) mass is 638 g/mol. The summed E-state index contributed by atoms with van der Waals surface area (Å²) < 4.78 is 2.17. The van der Waals surface area contributed by atoms with Crippen LogP contribution >= 0.6 is 23.2 Å². The van der Waals surface area contributed by atoms with Crippen LogP contribution in [0.3, 0.4) is 0 Å². The summed E-state index contributed by atoms with van der Waals surface area (Å²) in [6.07, 6.45) is 15.5. The number of aromatic amines is 1. The Balaban J connectivity index is 0.000000137. The van der Waals surface area contributed by atoms with Gasteiger partial charge in [0.25, 0.3) is 0 Å². The van der Waals surface area contributed by atoms with Gasteiger partial charge in [0.2, 0.25) is 10.6 Å². The summed E-state index contributed by atoms with van der Waals surface area (Å²) in [5.74, 6) is 1.33. The first-order chi connectivity index (χ1) is 22.1. The number of benzene rings is 2. The summed E-state index contributed by atoms with van der Waals surface area (Å²) >= 11 is 12.1. The van der Waals surface area contributed by atoms with Crippen LogP contribution in [0.1, 0.15) is 66.8 Å². The SMILES string of the molecule is Clc1nc(Nc2ccc3c(c2)CCC3)c2[nH]cnc2n1.Clc1nc(Nc2ccc3c(c2)CCC3)c2ncn(C3CCCC3)c2n1. The van der Waals surface area contributed by atoms with Crippen LogP contribution in [0.25, 0.3) is 22.3 Å². The summed E-state index contributed by atoms with van der Waals surface area (Å²) in [4.78, 5) is 28.9. The minimum Gasteiger partial charge on any atom is -0.340 e. The molecule has 0 radical (unpaired) electrons. The second-order valence-electron chi connectivity index (χ2n) is 12.0. The lowest BCUT2D eigenvalue weighted by molar-refractivity contribution is 0.529. The number of anilines is 4. The molecule has 10 nitrogen and oxygen atoms in total. The van der Waals surface area contributed by atoms with E-state index in [4.69, 9.17) is 23.2 Å². The maximum atomic E-state index is 6.22. The van der Waals surface area contributed by atoms with Gasteiger partial charge in [-0.25, -0.2) is 9.97 Å². The Morgan fingerprint density at radius 2 is 1.31 bits per heavy atom. The molecule has 0 saturated heterocycles. The van der Waals surface area contributed by atoms with Crippen LogP contribution in [-0.2, 0) is 25.7 Å². The molecule has 4 heterocycles. The van der Waals surface area contributed by atoms with Gasteiger partial charge in [-0.05, 0) is 121 Å². The van der Waals surface area contributed by atoms with Crippen LogP contribution in [0.15, 0.2) is 49.1 Å². The normalized spacial score (nSPS) is 15.7. The van der Waals surface area contributed by atoms with Crippen LogP contribution in [-0.4, -0.2) is 39.5 Å². The highest BCUT2D eigenvalue weighted by molar-refractivity contribution is 6.29. The topological polar surface area (TPSA) is 122 Å². The van der Waals surface area contributed by atoms with Crippen molar-refractivity contribution >= 4 is 68.5 Å². The highest BCUT2D eigenvalue weighted by Crippen LogP contribution is 2.34. The van der Waals surface area contributed by atoms with E-state index in [9.17, 15) is 0 Å². The molecule has 0 atom stereocenters. The number of fused-ring (bicyclic) bond motifs is 4. The highest BCUT2D eigenvalue weighted by atomic mass is 35.5. The van der Waals surface area contributed by atoms with Gasteiger partial charge in [-0.3, -0.25) is 0 Å². The number of aryl methyl sites for hydroxylation is 4. The Bertz CT molecular complexity index is 2030. The number of hydrogen-bond donors (Lipinski definition) is 3. The molecular formula is C33H32Cl2N10. The number of imidazole rings is 2. The third kappa shape index (κ3) is 5.68. The maximum absolute atomic E-state index is 6.22. The number of halogens is 2. The van der Waals surface area contributed by atoms with Gasteiger partial charge in [-0.1, -0.05) is 25.0 Å². The van der Waals surface area contributed by atoms with Crippen molar-refractivity contribution in [3.05, 3.63) is 81.9 Å². The molecule has 6 aromatic rings. The van der Waals surface area contributed by atoms with Crippen molar-refractivity contribution < 1.29 is 0 Å². The van der Waals surface area contributed by atoms with Crippen molar-refractivity contribution in [2.24, 2.45) is 0 Å². The number of nitrogens with zero attached hydrogens (tertiary/aromatic N) is 7. The van der Waals surface area contributed by atoms with Crippen molar-refractivity contribution in [2.45, 2.75) is 70.3 Å². The molecule has 3 N–H and O–H groups in total. The highest BCUT2D eigenvalue weighted by Gasteiger charge is 2.22. The molecule has 0 amide bonds. The second-order valence-corrected chi connectivity index (χ2v) is 12.6. The molecule has 9 rings (SSSR count). The third-order valence-electron chi connectivity index (χ3n) is 9.09. The lowest BCUT2D eigenvalue weighted by Gasteiger charge is -2.12. The summed E-state index contributed by atoms with van der Waals surface area (Å²) in [5, 5.41) is 7.16. The molecule has 0 aliphatic heterocycles. The fraction of sp³-hybridized carbons (Fsp3) is 0.333. The molecule has 0 spiro atoms. The van der Waals surface area contributed by atoms with E-state index in [0.717, 1.165) is 40.9 Å². The number of nitrogens with one attached hydrogen (secondary N) is 3. The summed E-state index contributed by atoms with van der Waals surface area (Å²) in [6, 6.07) is 13.4. The van der Waals surface area contributed by atoms with Crippen molar-refractivity contribution in [3.63, 3.8) is 0 Å². The van der Waals surface area contributed by atoms with Gasteiger partial charge in [-0.15, -0.1) is 0 Å². The minimum atomic E-state index is 0.188. The quantitative estimate of drug-likeness (QED) is 0.162. The second kappa shape index (κ2) is 11.9. The van der Waals surface area contributed by atoms with Gasteiger partial charge in [0.1, 0.15) is 5.52 Å². The first-order valence-electron chi connectivity index (χ1n) is 15.6. The Morgan fingerprint density at radius 3 is 2.02 bits per heavy atom. The van der Waals surface area contributed by atoms with Gasteiger partial charge in [0, 0.05) is 17.4 Å². The zero-order chi connectivity index (χ0) is 30.3. The fourth-order valence-corrected chi connectivity index (χ4v) is 7.23. The largest absolute Gasteiger partial charge is 0.340 e. The molecule has 3 aliphatic rings. The molecule has 0 bridgehead atoms. The van der Waals surface area contributed by atoms with E-state index in [1.807, 2.05) is 6.33 Å². The molecule has 45 heavy (non-hydrogen) atoms. The molecule has 0 unspecified atom stereocenters. The minimum absolute atomic E-state index is 0.188. The van der Waals surface area contributed by atoms with E-state index in [1.165, 1.54) is 73.6 Å². The first kappa shape index (κ1) is 28.2. The zero-order valence-corrected chi connectivity index (χ0v) is 26.2. The zero-order valence-electron chi connectivity index (χ0n) is 24.7. The van der Waals surface area contributed by atoms with E-state index in [1.54, 1.807) is 6.33 Å². The number of hydrogen-bond acceptors (Lipinski definition) is 8. The van der Waals surface area contributed by atoms with Crippen LogP contribution in [0.2, 0.25) is 10.6 Å². The van der Waals surface area contributed by atoms with Crippen LogP contribution in [0, 0.1) is 0 Å². The average Bonchev–Trinajstić information content (AvgIpc) is 3.86. The van der Waals surface area contributed by atoms with Crippen LogP contribution in [0.4, 0.5) is 23.0 Å². The van der Waals surface area contributed by atoms with Crippen molar-refractivity contribution in [2.75, 3.05) is 10.6 Å². The van der Waals surface area contributed by atoms with E-state index in [0.29, 0.717) is 23.3 Å². The van der Waals surface area contributed by atoms with Gasteiger partial charge in [0.15, 0.2) is 28.4 Å². The molecule has 12 heteroatoms. The van der Waals surface area contributed by atoms with Gasteiger partial charge in [0.05, 0.1) is 12.7 Å². The van der Waals surface area contributed by atoms with Crippen LogP contribution < -0.4 is 10.6 Å². The molecular weight excluding hydrogens is 607 g/mol. The molecule has 1 saturated carbocycles. The van der Waals surface area contributed by atoms with Gasteiger partial charge >= 0.3 is 0 Å². The summed E-state index contributed by atoms with van der Waals surface area (Å²) in [7, 11) is 0. The Kier molecular flexibility index (Phi) is 7.46. The van der Waals surface area contributed by atoms with E-state index in [-0.39, 0.29) is 10.6 Å². The standard InChI is InChI=1S/C19H20ClN5.C14H12ClN5/c20-19-23-17(22-14-9-8-12-4-3-5-13(12)10-14)16-18(24-19)25(11-21-16)15-6-1-2-7-15;15-14-19-12-11(16-7-17-12)13(20-14)18-10-5-4-8-2-1-3-9(8)6-10/h8-11,15H,1-7H2,(H,22,23,24);4-7H,1-3H2,(H2,16,17,18,19,20). The molecule has 2 aromatic carbocycles. The van der Waals surface area contributed by atoms with E-state index in [2.05, 4.69) is 86.5 Å². The predicted molar refractivity (Wildman–Crippen MR) is 178 cm³/mol. The molecule has 1 fully saturated rings. The Hall–Kier alpha value is -4.28. The van der Waals surface area contributed by atoms with Gasteiger partial charge < -0.3 is 20.2 Å². The summed E-state index contributed by atoms with van der Waals surface area (Å²) in [6.45, 7) is 0. The van der Waals surface area contributed by atoms with Crippen LogP contribution in [0.5, 0.6) is 0 Å². The van der Waals surface area contributed by atoms with E-state index < -0.39 is 0 Å². The molecule has 4 aromatic heterocycles. The Morgan fingerprint density at radius 1 is 0.689 bits per heavy atom. The lowest BCUT2D eigenvalue weighted by Crippen LogP contribution is -2.05. The smallest absolute Gasteiger partial charge is 0.226 e. The predicted octanol–water partition coefficient (Wildman–Crippen LogP) is 8.07. The molecule has 3 aliphatic carbocycles. The lowest BCUT2D eigenvalue weighted by atomic mass is 10.1. The van der Waals surface area contributed by atoms with Gasteiger partial charge in [-0.2, -0.15) is 19.9 Å². The number of H-pyrrole nitrogens is 1. The average molecular weight is 640 g/mol. The maximum Gasteiger partial charge on any atom is 0.226 e. The van der Waals surface area contributed by atoms with Crippen molar-refractivity contribution in [3.8, 4) is 0 Å². The summed E-state index contributed by atoms with van der Waals surface area (Å²) in [5.41, 5.74) is 10.7. The third-order valence-corrected chi connectivity index (χ3v) is 9.43. The van der Waals surface area contributed by atoms with Crippen molar-refractivity contribution in [1.29, 1.82) is 0 Å². The fourth-order valence-electron chi connectivity index (χ4n) is 6.90. The van der Waals surface area contributed by atoms with E-state index >= 15 is 0 Å². The number of aromatic nitrogens is 8. The molecule has 228 valence electrons. The Labute approximate surface area is 270 Å². The van der Waals surface area contributed by atoms with Crippen molar-refractivity contribution in [1.82, 2.24) is 39.5 Å². The first-order valence-corrected chi connectivity index (χ1v) is 16.4. The number of rotatable bonds is 5.